The second kappa shape index (κ2) is 7.96. The van der Waals surface area contributed by atoms with E-state index in [0.29, 0.717) is 12.8 Å². The average molecular weight is 247 g/mol. The maximum atomic E-state index is 11.6. The fraction of sp³-hybridized carbons (Fsp3) is 0.917. The molecule has 1 unspecified atom stereocenters. The van der Waals surface area contributed by atoms with Crippen molar-refractivity contribution in [2.24, 2.45) is 5.41 Å². The first kappa shape index (κ1) is 15.8. The van der Waals surface area contributed by atoms with E-state index >= 15 is 0 Å². The molecule has 1 atom stereocenters. The monoisotopic (exact) mass is 247 g/mol. The molecule has 16 heavy (non-hydrogen) atoms. The van der Waals surface area contributed by atoms with Gasteiger partial charge >= 0.3 is 0 Å². The van der Waals surface area contributed by atoms with Crippen LogP contribution in [0.5, 0.6) is 0 Å². The number of hydrogen-bond donors (Lipinski definition) is 2. The number of carbonyl (C=O) groups excluding carboxylic acids is 1. The van der Waals surface area contributed by atoms with Gasteiger partial charge in [-0.25, -0.2) is 0 Å². The van der Waals surface area contributed by atoms with Crippen molar-refractivity contribution in [3.05, 3.63) is 0 Å². The van der Waals surface area contributed by atoms with Crippen molar-refractivity contribution in [2.75, 3.05) is 18.6 Å². The molecule has 0 radical (unpaired) electrons. The fourth-order valence-corrected chi connectivity index (χ4v) is 1.99. The lowest BCUT2D eigenvalue weighted by Gasteiger charge is -2.20. The van der Waals surface area contributed by atoms with E-state index in [2.05, 4.69) is 26.1 Å². The Balaban J connectivity index is 3.90. The largest absolute Gasteiger partial charge is 0.396 e. The van der Waals surface area contributed by atoms with Crippen LogP contribution in [0.15, 0.2) is 0 Å². The summed E-state index contributed by atoms with van der Waals surface area (Å²) in [5.74, 6) is 0.962. The van der Waals surface area contributed by atoms with Crippen LogP contribution in [0.3, 0.4) is 0 Å². The summed E-state index contributed by atoms with van der Waals surface area (Å²) in [6, 6.07) is 0.104. The molecule has 4 heteroatoms. The van der Waals surface area contributed by atoms with E-state index in [0.717, 1.165) is 12.2 Å². The van der Waals surface area contributed by atoms with Crippen LogP contribution in [0.2, 0.25) is 0 Å². The predicted octanol–water partition coefficient (Wildman–Crippen LogP) is 2.04. The molecule has 0 rings (SSSR count). The highest BCUT2D eigenvalue weighted by molar-refractivity contribution is 7.98. The normalized spacial score (nSPS) is 13.6. The lowest BCUT2D eigenvalue weighted by molar-refractivity contribution is -0.122. The maximum absolute atomic E-state index is 11.6. The number of carbonyl (C=O) groups is 1. The summed E-state index contributed by atoms with van der Waals surface area (Å²) in [4.78, 5) is 11.6. The van der Waals surface area contributed by atoms with Crippen LogP contribution in [0, 0.1) is 5.41 Å². The van der Waals surface area contributed by atoms with Gasteiger partial charge in [-0.15, -0.1) is 0 Å². The third-order valence-electron chi connectivity index (χ3n) is 2.31. The summed E-state index contributed by atoms with van der Waals surface area (Å²) in [6.07, 6.45) is 4.11. The Morgan fingerprint density at radius 2 is 2.06 bits per heavy atom. The number of hydrogen-bond acceptors (Lipinski definition) is 3. The van der Waals surface area contributed by atoms with Crippen molar-refractivity contribution in [1.82, 2.24) is 5.32 Å². The molecule has 0 aromatic carbocycles. The molecule has 0 saturated heterocycles. The van der Waals surface area contributed by atoms with Gasteiger partial charge in [-0.3, -0.25) is 4.79 Å². The smallest absolute Gasteiger partial charge is 0.220 e. The van der Waals surface area contributed by atoms with Crippen molar-refractivity contribution in [2.45, 2.75) is 46.1 Å². The summed E-state index contributed by atoms with van der Waals surface area (Å²) in [7, 11) is 0. The molecule has 0 fully saturated rings. The summed E-state index contributed by atoms with van der Waals surface area (Å²) < 4.78 is 0. The first-order valence-corrected chi connectivity index (χ1v) is 7.17. The SMILES string of the molecule is CSCC(CCO)NC(=O)CCC(C)(C)C. The Hall–Kier alpha value is -0.220. The molecule has 0 aliphatic heterocycles. The van der Waals surface area contributed by atoms with Gasteiger partial charge in [0, 0.05) is 24.8 Å². The van der Waals surface area contributed by atoms with Gasteiger partial charge < -0.3 is 10.4 Å². The first-order chi connectivity index (χ1) is 7.39. The topological polar surface area (TPSA) is 49.3 Å². The number of rotatable bonds is 7. The van der Waals surface area contributed by atoms with Crippen LogP contribution in [0.25, 0.3) is 0 Å². The Bertz CT molecular complexity index is 196. The van der Waals surface area contributed by atoms with E-state index in [-0.39, 0.29) is 24.0 Å². The van der Waals surface area contributed by atoms with Gasteiger partial charge in [0.2, 0.25) is 5.91 Å². The van der Waals surface area contributed by atoms with Crippen LogP contribution in [0.4, 0.5) is 0 Å². The molecular weight excluding hydrogens is 222 g/mol. The summed E-state index contributed by atoms with van der Waals surface area (Å²) in [5.41, 5.74) is 0.198. The second-order valence-electron chi connectivity index (χ2n) is 5.29. The number of thioether (sulfide) groups is 1. The van der Waals surface area contributed by atoms with Gasteiger partial charge in [0.05, 0.1) is 0 Å². The third-order valence-corrected chi connectivity index (χ3v) is 3.05. The summed E-state index contributed by atoms with van der Waals surface area (Å²) >= 11 is 1.69. The summed E-state index contributed by atoms with van der Waals surface area (Å²) in [6.45, 7) is 6.53. The lowest BCUT2D eigenvalue weighted by Crippen LogP contribution is -2.37. The molecule has 3 nitrogen and oxygen atoms in total. The third kappa shape index (κ3) is 9.04. The standard InChI is InChI=1S/C12H25NO2S/c1-12(2,3)7-5-11(15)13-10(6-8-14)9-16-4/h10,14H,5-9H2,1-4H3,(H,13,15). The van der Waals surface area contributed by atoms with Crippen LogP contribution in [-0.2, 0) is 4.79 Å². The van der Waals surface area contributed by atoms with E-state index in [1.165, 1.54) is 0 Å². The van der Waals surface area contributed by atoms with Crippen molar-refractivity contribution < 1.29 is 9.90 Å². The maximum Gasteiger partial charge on any atom is 0.220 e. The minimum absolute atomic E-state index is 0.0995. The number of aliphatic hydroxyl groups excluding tert-OH is 1. The van der Waals surface area contributed by atoms with Gasteiger partial charge in [-0.05, 0) is 24.5 Å². The molecular formula is C12H25NO2S. The van der Waals surface area contributed by atoms with Gasteiger partial charge in [0.15, 0.2) is 0 Å². The highest BCUT2D eigenvalue weighted by Crippen LogP contribution is 2.20. The highest BCUT2D eigenvalue weighted by Gasteiger charge is 2.15. The molecule has 0 aliphatic rings. The molecule has 96 valence electrons. The van der Waals surface area contributed by atoms with Gasteiger partial charge in [0.25, 0.3) is 0 Å². The molecule has 0 aliphatic carbocycles. The highest BCUT2D eigenvalue weighted by atomic mass is 32.2. The van der Waals surface area contributed by atoms with Crippen molar-refractivity contribution in [3.8, 4) is 0 Å². The molecule has 1 amide bonds. The molecule has 0 spiro atoms. The lowest BCUT2D eigenvalue weighted by atomic mass is 9.90. The second-order valence-corrected chi connectivity index (χ2v) is 6.20. The van der Waals surface area contributed by atoms with Gasteiger partial charge in [-0.1, -0.05) is 20.8 Å². The fourth-order valence-electron chi connectivity index (χ4n) is 1.34. The molecule has 0 aromatic rings. The van der Waals surface area contributed by atoms with Crippen molar-refractivity contribution in [1.29, 1.82) is 0 Å². The van der Waals surface area contributed by atoms with Crippen LogP contribution < -0.4 is 5.32 Å². The number of aliphatic hydroxyl groups is 1. The van der Waals surface area contributed by atoms with Crippen LogP contribution in [0.1, 0.15) is 40.0 Å². The molecule has 0 heterocycles. The Labute approximate surface area is 103 Å². The average Bonchev–Trinajstić information content (AvgIpc) is 2.14. The summed E-state index contributed by atoms with van der Waals surface area (Å²) in [5, 5.41) is 11.8. The minimum Gasteiger partial charge on any atom is -0.396 e. The van der Waals surface area contributed by atoms with E-state index in [4.69, 9.17) is 5.11 Å². The van der Waals surface area contributed by atoms with E-state index in [1.807, 2.05) is 6.26 Å². The Kier molecular flexibility index (Phi) is 7.85. The number of amides is 1. The zero-order chi connectivity index (χ0) is 12.6. The van der Waals surface area contributed by atoms with Crippen LogP contribution >= 0.6 is 11.8 Å². The Morgan fingerprint density at radius 1 is 1.44 bits per heavy atom. The van der Waals surface area contributed by atoms with Crippen molar-refractivity contribution in [3.63, 3.8) is 0 Å². The van der Waals surface area contributed by atoms with E-state index in [9.17, 15) is 4.79 Å². The van der Waals surface area contributed by atoms with Gasteiger partial charge in [0.1, 0.15) is 0 Å². The van der Waals surface area contributed by atoms with Crippen molar-refractivity contribution >= 4 is 17.7 Å². The first-order valence-electron chi connectivity index (χ1n) is 5.78. The molecule has 0 bridgehead atoms. The zero-order valence-corrected chi connectivity index (χ0v) is 11.7. The quantitative estimate of drug-likeness (QED) is 0.724. The minimum atomic E-state index is 0.0995. The zero-order valence-electron chi connectivity index (χ0n) is 10.9. The number of nitrogens with one attached hydrogen (secondary N) is 1. The molecule has 2 N–H and O–H groups in total. The van der Waals surface area contributed by atoms with Gasteiger partial charge in [-0.2, -0.15) is 11.8 Å². The molecule has 0 saturated carbocycles. The predicted molar refractivity (Wildman–Crippen MR) is 70.7 cm³/mol. The molecule has 0 aromatic heterocycles. The van der Waals surface area contributed by atoms with Crippen LogP contribution in [-0.4, -0.2) is 35.7 Å². The van der Waals surface area contributed by atoms with E-state index < -0.39 is 0 Å². The van der Waals surface area contributed by atoms with E-state index in [1.54, 1.807) is 11.8 Å². The Morgan fingerprint density at radius 3 is 2.50 bits per heavy atom.